The van der Waals surface area contributed by atoms with Crippen molar-refractivity contribution in [1.82, 2.24) is 0 Å². The van der Waals surface area contributed by atoms with Crippen molar-refractivity contribution in [2.45, 2.75) is 61.0 Å². The minimum absolute atomic E-state index is 0.0620. The van der Waals surface area contributed by atoms with Crippen molar-refractivity contribution in [2.75, 3.05) is 0 Å². The summed E-state index contributed by atoms with van der Waals surface area (Å²) >= 11 is 0. The molecule has 0 spiro atoms. The maximum absolute atomic E-state index is 12.5. The molecule has 0 radical (unpaired) electrons. The molecular weight excluding hydrogens is 252 g/mol. The Morgan fingerprint density at radius 2 is 1.95 bits per heavy atom. The molecule has 1 atom stereocenters. The van der Waals surface area contributed by atoms with Gasteiger partial charge in [0.2, 0.25) is 0 Å². The molecule has 0 aliphatic heterocycles. The average molecular weight is 280 g/mol. The van der Waals surface area contributed by atoms with E-state index in [0.29, 0.717) is 5.76 Å². The first-order valence-corrected chi connectivity index (χ1v) is 7.35. The first kappa shape index (κ1) is 16.8. The number of esters is 1. The van der Waals surface area contributed by atoms with Crippen LogP contribution in [0.3, 0.4) is 0 Å². The van der Waals surface area contributed by atoms with E-state index >= 15 is 0 Å². The summed E-state index contributed by atoms with van der Waals surface area (Å²) in [7, 11) is 0. The second-order valence-electron chi connectivity index (χ2n) is 7.35. The molecule has 20 heavy (non-hydrogen) atoms. The number of rotatable bonds is 6. The zero-order chi connectivity index (χ0) is 15.4. The number of ether oxygens (including phenoxy) is 1. The van der Waals surface area contributed by atoms with E-state index in [1.165, 1.54) is 0 Å². The van der Waals surface area contributed by atoms with E-state index < -0.39 is 0 Å². The number of hydrogen-bond donors (Lipinski definition) is 0. The lowest BCUT2D eigenvalue weighted by Gasteiger charge is -2.35. The van der Waals surface area contributed by atoms with Gasteiger partial charge in [-0.25, -0.2) is 0 Å². The Morgan fingerprint density at radius 3 is 2.40 bits per heavy atom. The lowest BCUT2D eigenvalue weighted by atomic mass is 9.70. The highest BCUT2D eigenvalue weighted by Gasteiger charge is 2.37. The molecule has 0 fully saturated rings. The molecule has 1 aromatic heterocycles. The molecule has 0 aliphatic carbocycles. The zero-order valence-corrected chi connectivity index (χ0v) is 13.7. The molecule has 1 aromatic rings. The Kier molecular flexibility index (Phi) is 5.43. The summed E-state index contributed by atoms with van der Waals surface area (Å²) in [6.45, 7) is 13.1. The molecule has 3 heteroatoms. The van der Waals surface area contributed by atoms with Crippen LogP contribution >= 0.6 is 0 Å². The van der Waals surface area contributed by atoms with Crippen LogP contribution in [0.1, 0.15) is 60.1 Å². The average Bonchev–Trinajstić information content (AvgIpc) is 2.85. The fraction of sp³-hybridized carbons (Fsp3) is 0.706. The molecule has 1 unspecified atom stereocenters. The predicted octanol–water partition coefficient (Wildman–Crippen LogP) is 4.81. The first-order chi connectivity index (χ1) is 9.15. The van der Waals surface area contributed by atoms with Gasteiger partial charge in [-0.05, 0) is 29.4 Å². The Balaban J connectivity index is 2.74. The molecule has 0 aromatic carbocycles. The van der Waals surface area contributed by atoms with Gasteiger partial charge in [0.1, 0.15) is 12.4 Å². The smallest absolute Gasteiger partial charge is 0.309 e. The van der Waals surface area contributed by atoms with Crippen LogP contribution in [-0.2, 0) is 16.1 Å². The summed E-state index contributed by atoms with van der Waals surface area (Å²) in [5.74, 6) is 0.466. The molecule has 0 bridgehead atoms. The molecule has 1 rings (SSSR count). The van der Waals surface area contributed by atoms with Gasteiger partial charge >= 0.3 is 5.97 Å². The van der Waals surface area contributed by atoms with E-state index in [9.17, 15) is 4.79 Å². The van der Waals surface area contributed by atoms with Crippen molar-refractivity contribution in [3.05, 3.63) is 24.2 Å². The van der Waals surface area contributed by atoms with Crippen molar-refractivity contribution >= 4 is 5.97 Å². The fourth-order valence-corrected chi connectivity index (χ4v) is 2.17. The number of carbonyl (C=O) groups excluding carboxylic acids is 1. The maximum Gasteiger partial charge on any atom is 0.309 e. The first-order valence-electron chi connectivity index (χ1n) is 7.35. The highest BCUT2D eigenvalue weighted by Crippen LogP contribution is 2.39. The predicted molar refractivity (Wildman–Crippen MR) is 80.1 cm³/mol. The van der Waals surface area contributed by atoms with Crippen LogP contribution in [0.2, 0.25) is 0 Å². The minimum Gasteiger partial charge on any atom is -0.466 e. The Morgan fingerprint density at radius 1 is 1.30 bits per heavy atom. The standard InChI is InChI=1S/C17H28O3/c1-7-17(5,6)14(11-16(2,3)4)15(18)20-12-13-9-8-10-19-13/h8-10,14H,7,11-12H2,1-6H3. The van der Waals surface area contributed by atoms with Gasteiger partial charge < -0.3 is 9.15 Å². The summed E-state index contributed by atoms with van der Waals surface area (Å²) in [5, 5.41) is 0. The molecule has 0 amide bonds. The molecule has 3 nitrogen and oxygen atoms in total. The molecule has 1 heterocycles. The van der Waals surface area contributed by atoms with Crippen LogP contribution in [0.5, 0.6) is 0 Å². The molecule has 0 N–H and O–H groups in total. The largest absolute Gasteiger partial charge is 0.466 e. The van der Waals surface area contributed by atoms with Gasteiger partial charge in [-0.3, -0.25) is 4.79 Å². The summed E-state index contributed by atoms with van der Waals surface area (Å²) in [6, 6.07) is 3.61. The third-order valence-electron chi connectivity index (χ3n) is 3.89. The molecule has 0 saturated heterocycles. The van der Waals surface area contributed by atoms with Crippen molar-refractivity contribution in [3.8, 4) is 0 Å². The van der Waals surface area contributed by atoms with Gasteiger partial charge in [-0.2, -0.15) is 0 Å². The van der Waals surface area contributed by atoms with E-state index in [0.717, 1.165) is 12.8 Å². The summed E-state index contributed by atoms with van der Waals surface area (Å²) < 4.78 is 10.6. The van der Waals surface area contributed by atoms with Crippen LogP contribution in [0.4, 0.5) is 0 Å². The lowest BCUT2D eigenvalue weighted by molar-refractivity contribution is -0.156. The maximum atomic E-state index is 12.5. The van der Waals surface area contributed by atoms with Gasteiger partial charge in [0, 0.05) is 0 Å². The van der Waals surface area contributed by atoms with Crippen LogP contribution in [0.25, 0.3) is 0 Å². The van der Waals surface area contributed by atoms with Crippen molar-refractivity contribution in [3.63, 3.8) is 0 Å². The Labute approximate surface area is 122 Å². The minimum atomic E-state index is -0.122. The van der Waals surface area contributed by atoms with Crippen LogP contribution < -0.4 is 0 Å². The normalized spacial score (nSPS) is 14.1. The number of hydrogen-bond acceptors (Lipinski definition) is 3. The van der Waals surface area contributed by atoms with E-state index in [4.69, 9.17) is 9.15 Å². The van der Waals surface area contributed by atoms with Crippen LogP contribution in [0.15, 0.2) is 22.8 Å². The van der Waals surface area contributed by atoms with E-state index in [1.807, 2.05) is 6.07 Å². The monoisotopic (exact) mass is 280 g/mol. The van der Waals surface area contributed by atoms with E-state index in [2.05, 4.69) is 41.5 Å². The molecular formula is C17H28O3. The topological polar surface area (TPSA) is 39.4 Å². The highest BCUT2D eigenvalue weighted by molar-refractivity contribution is 5.73. The van der Waals surface area contributed by atoms with Crippen molar-refractivity contribution in [2.24, 2.45) is 16.7 Å². The van der Waals surface area contributed by atoms with Gasteiger partial charge in [0.05, 0.1) is 12.2 Å². The van der Waals surface area contributed by atoms with Crippen LogP contribution in [-0.4, -0.2) is 5.97 Å². The Bertz CT molecular complexity index is 410. The van der Waals surface area contributed by atoms with E-state index in [1.54, 1.807) is 12.3 Å². The number of furan rings is 1. The third-order valence-corrected chi connectivity index (χ3v) is 3.89. The SMILES string of the molecule is CCC(C)(C)C(CC(C)(C)C)C(=O)OCc1ccco1. The highest BCUT2D eigenvalue weighted by atomic mass is 16.5. The summed E-state index contributed by atoms with van der Waals surface area (Å²) in [4.78, 5) is 12.5. The third kappa shape index (κ3) is 5.03. The van der Waals surface area contributed by atoms with Gasteiger partial charge in [-0.1, -0.05) is 48.0 Å². The van der Waals surface area contributed by atoms with Crippen molar-refractivity contribution < 1.29 is 13.9 Å². The van der Waals surface area contributed by atoms with Crippen LogP contribution in [0, 0.1) is 16.7 Å². The number of carbonyl (C=O) groups is 1. The molecule has 0 aliphatic rings. The van der Waals surface area contributed by atoms with Crippen molar-refractivity contribution in [1.29, 1.82) is 0 Å². The zero-order valence-electron chi connectivity index (χ0n) is 13.7. The molecule has 114 valence electrons. The van der Waals surface area contributed by atoms with Gasteiger partial charge in [0.25, 0.3) is 0 Å². The second kappa shape index (κ2) is 6.47. The molecule has 0 saturated carbocycles. The second-order valence-corrected chi connectivity index (χ2v) is 7.35. The van der Waals surface area contributed by atoms with Gasteiger partial charge in [0.15, 0.2) is 0 Å². The lowest BCUT2D eigenvalue weighted by Crippen LogP contribution is -2.35. The quantitative estimate of drug-likeness (QED) is 0.702. The van der Waals surface area contributed by atoms with Gasteiger partial charge in [-0.15, -0.1) is 0 Å². The fourth-order valence-electron chi connectivity index (χ4n) is 2.17. The Hall–Kier alpha value is -1.25. The summed E-state index contributed by atoms with van der Waals surface area (Å²) in [5.41, 5.74) is 0.0360. The van der Waals surface area contributed by atoms with E-state index in [-0.39, 0.29) is 29.3 Å². The summed E-state index contributed by atoms with van der Waals surface area (Å²) in [6.07, 6.45) is 3.36.